The van der Waals surface area contributed by atoms with E-state index in [0.29, 0.717) is 0 Å². The zero-order chi connectivity index (χ0) is 13.6. The van der Waals surface area contributed by atoms with Gasteiger partial charge in [-0.3, -0.25) is 4.79 Å². The molecule has 1 aliphatic carbocycles. The van der Waals surface area contributed by atoms with E-state index in [0.717, 1.165) is 25.4 Å². The van der Waals surface area contributed by atoms with Crippen LogP contribution in [-0.4, -0.2) is 50.2 Å². The van der Waals surface area contributed by atoms with Gasteiger partial charge < -0.3 is 15.0 Å². The molecule has 0 radical (unpaired) electrons. The van der Waals surface area contributed by atoms with E-state index in [4.69, 9.17) is 4.74 Å². The van der Waals surface area contributed by atoms with E-state index >= 15 is 0 Å². The summed E-state index contributed by atoms with van der Waals surface area (Å²) in [5, 5.41) is 3.09. The summed E-state index contributed by atoms with van der Waals surface area (Å²) in [6.45, 7) is 7.39. The largest absolute Gasteiger partial charge is 0.468 e. The van der Waals surface area contributed by atoms with Gasteiger partial charge in [0, 0.05) is 13.1 Å². The van der Waals surface area contributed by atoms with Crippen LogP contribution in [0.25, 0.3) is 0 Å². The molecule has 106 valence electrons. The lowest BCUT2D eigenvalue weighted by molar-refractivity contribution is -0.148. The molecule has 0 amide bonds. The molecular weight excluding hydrogens is 228 g/mol. The van der Waals surface area contributed by atoms with E-state index in [2.05, 4.69) is 17.1 Å². The Morgan fingerprint density at radius 2 is 2.11 bits per heavy atom. The molecule has 1 fully saturated rings. The highest BCUT2D eigenvalue weighted by atomic mass is 16.5. The number of ether oxygens (including phenoxy) is 1. The summed E-state index contributed by atoms with van der Waals surface area (Å²) >= 11 is 0. The highest BCUT2D eigenvalue weighted by Crippen LogP contribution is 2.30. The predicted octanol–water partition coefficient (Wildman–Crippen LogP) is 1.65. The lowest BCUT2D eigenvalue weighted by atomic mass is 9.98. The molecule has 4 heteroatoms. The molecule has 1 N–H and O–H groups in total. The minimum Gasteiger partial charge on any atom is -0.468 e. The van der Waals surface area contributed by atoms with Gasteiger partial charge >= 0.3 is 5.97 Å². The normalized spacial score (nSPS) is 18.7. The Morgan fingerprint density at radius 3 is 2.56 bits per heavy atom. The van der Waals surface area contributed by atoms with E-state index in [-0.39, 0.29) is 5.97 Å². The van der Waals surface area contributed by atoms with Gasteiger partial charge in [-0.2, -0.15) is 0 Å². The zero-order valence-corrected chi connectivity index (χ0v) is 12.3. The van der Waals surface area contributed by atoms with Crippen LogP contribution in [-0.2, 0) is 9.53 Å². The van der Waals surface area contributed by atoms with E-state index in [1.165, 1.54) is 32.9 Å². The topological polar surface area (TPSA) is 41.6 Å². The standard InChI is InChI=1S/C14H28N2O2/c1-5-9-16(11-12-6-7-12)10-8-14(2,15-3)13(17)18-4/h12,15H,5-11H2,1-4H3. The van der Waals surface area contributed by atoms with Crippen molar-refractivity contribution in [3.8, 4) is 0 Å². The third kappa shape index (κ3) is 4.58. The molecule has 0 aromatic heterocycles. The lowest BCUT2D eigenvalue weighted by Crippen LogP contribution is -2.50. The smallest absolute Gasteiger partial charge is 0.325 e. The first kappa shape index (κ1) is 15.4. The second-order valence-electron chi connectivity index (χ2n) is 5.57. The van der Waals surface area contributed by atoms with Crippen molar-refractivity contribution in [1.29, 1.82) is 0 Å². The van der Waals surface area contributed by atoms with E-state index in [9.17, 15) is 4.79 Å². The van der Waals surface area contributed by atoms with Crippen molar-refractivity contribution in [2.24, 2.45) is 5.92 Å². The van der Waals surface area contributed by atoms with Gasteiger partial charge in [-0.05, 0) is 52.1 Å². The Bertz CT molecular complexity index is 267. The summed E-state index contributed by atoms with van der Waals surface area (Å²) in [5.41, 5.74) is -0.565. The van der Waals surface area contributed by atoms with Gasteiger partial charge in [-0.1, -0.05) is 6.92 Å². The van der Waals surface area contributed by atoms with Gasteiger partial charge in [-0.15, -0.1) is 0 Å². The zero-order valence-electron chi connectivity index (χ0n) is 12.3. The maximum atomic E-state index is 11.8. The van der Waals surface area contributed by atoms with Gasteiger partial charge in [0.1, 0.15) is 5.54 Å². The molecule has 0 aromatic rings. The van der Waals surface area contributed by atoms with Crippen LogP contribution in [0.15, 0.2) is 0 Å². The lowest BCUT2D eigenvalue weighted by Gasteiger charge is -2.30. The quantitative estimate of drug-likeness (QED) is 0.637. The summed E-state index contributed by atoms with van der Waals surface area (Å²) in [4.78, 5) is 14.2. The minimum atomic E-state index is -0.565. The predicted molar refractivity (Wildman–Crippen MR) is 73.6 cm³/mol. The van der Waals surface area contributed by atoms with Crippen molar-refractivity contribution < 1.29 is 9.53 Å². The van der Waals surface area contributed by atoms with Gasteiger partial charge in [0.25, 0.3) is 0 Å². The fourth-order valence-corrected chi connectivity index (χ4v) is 2.21. The molecular formula is C14H28N2O2. The van der Waals surface area contributed by atoms with Crippen molar-refractivity contribution >= 4 is 5.97 Å². The number of nitrogens with one attached hydrogen (secondary N) is 1. The molecule has 0 spiro atoms. The maximum absolute atomic E-state index is 11.8. The SMILES string of the molecule is CCCN(CCC(C)(NC)C(=O)OC)CC1CC1. The number of likely N-dealkylation sites (N-methyl/N-ethyl adjacent to an activating group) is 1. The Hall–Kier alpha value is -0.610. The fraction of sp³-hybridized carbons (Fsp3) is 0.929. The van der Waals surface area contributed by atoms with Gasteiger partial charge in [0.2, 0.25) is 0 Å². The Balaban J connectivity index is 2.44. The highest BCUT2D eigenvalue weighted by molar-refractivity contribution is 5.80. The molecule has 1 aliphatic rings. The second kappa shape index (κ2) is 7.10. The molecule has 0 heterocycles. The fourth-order valence-electron chi connectivity index (χ4n) is 2.21. The van der Waals surface area contributed by atoms with Crippen LogP contribution in [0.5, 0.6) is 0 Å². The van der Waals surface area contributed by atoms with Crippen molar-refractivity contribution in [3.63, 3.8) is 0 Å². The molecule has 1 unspecified atom stereocenters. The van der Waals surface area contributed by atoms with Gasteiger partial charge in [-0.25, -0.2) is 0 Å². The Labute approximate surface area is 111 Å². The van der Waals surface area contributed by atoms with Crippen LogP contribution < -0.4 is 5.32 Å². The molecule has 18 heavy (non-hydrogen) atoms. The van der Waals surface area contributed by atoms with Crippen LogP contribution in [0.1, 0.15) is 39.5 Å². The Morgan fingerprint density at radius 1 is 1.44 bits per heavy atom. The monoisotopic (exact) mass is 256 g/mol. The first-order valence-electron chi connectivity index (χ1n) is 7.05. The van der Waals surface area contributed by atoms with E-state index in [1.54, 1.807) is 0 Å². The van der Waals surface area contributed by atoms with E-state index < -0.39 is 5.54 Å². The average molecular weight is 256 g/mol. The van der Waals surface area contributed by atoms with Gasteiger partial charge in [0.05, 0.1) is 7.11 Å². The number of esters is 1. The molecule has 1 saturated carbocycles. The van der Waals surface area contributed by atoms with Crippen LogP contribution in [0, 0.1) is 5.92 Å². The van der Waals surface area contributed by atoms with Crippen LogP contribution >= 0.6 is 0 Å². The minimum absolute atomic E-state index is 0.173. The highest BCUT2D eigenvalue weighted by Gasteiger charge is 2.33. The van der Waals surface area contributed by atoms with Crippen molar-refractivity contribution in [2.75, 3.05) is 33.8 Å². The molecule has 1 atom stereocenters. The number of carbonyl (C=O) groups is 1. The second-order valence-corrected chi connectivity index (χ2v) is 5.57. The average Bonchev–Trinajstić information content (AvgIpc) is 3.18. The first-order valence-corrected chi connectivity index (χ1v) is 7.05. The summed E-state index contributed by atoms with van der Waals surface area (Å²) in [6, 6.07) is 0. The number of hydrogen-bond acceptors (Lipinski definition) is 4. The number of hydrogen-bond donors (Lipinski definition) is 1. The molecule has 0 aliphatic heterocycles. The van der Waals surface area contributed by atoms with Crippen molar-refractivity contribution in [3.05, 3.63) is 0 Å². The Kier molecular flexibility index (Phi) is 6.09. The van der Waals surface area contributed by atoms with Crippen LogP contribution in [0.4, 0.5) is 0 Å². The van der Waals surface area contributed by atoms with E-state index in [1.807, 2.05) is 14.0 Å². The maximum Gasteiger partial charge on any atom is 0.325 e. The molecule has 0 bridgehead atoms. The summed E-state index contributed by atoms with van der Waals surface area (Å²) in [5.74, 6) is 0.725. The summed E-state index contributed by atoms with van der Waals surface area (Å²) in [6.07, 6.45) is 4.71. The third-order valence-corrected chi connectivity index (χ3v) is 3.87. The molecule has 0 saturated heterocycles. The molecule has 4 nitrogen and oxygen atoms in total. The van der Waals surface area contributed by atoms with Crippen LogP contribution in [0.2, 0.25) is 0 Å². The van der Waals surface area contributed by atoms with Crippen molar-refractivity contribution in [2.45, 2.75) is 45.1 Å². The molecule has 0 aromatic carbocycles. The number of nitrogens with zero attached hydrogens (tertiary/aromatic N) is 1. The van der Waals surface area contributed by atoms with Crippen molar-refractivity contribution in [1.82, 2.24) is 10.2 Å². The number of rotatable bonds is 9. The first-order chi connectivity index (χ1) is 8.55. The summed E-state index contributed by atoms with van der Waals surface area (Å²) < 4.78 is 4.87. The van der Waals surface area contributed by atoms with Gasteiger partial charge in [0.15, 0.2) is 0 Å². The molecule has 1 rings (SSSR count). The summed E-state index contributed by atoms with van der Waals surface area (Å²) in [7, 11) is 3.27. The number of carbonyl (C=O) groups excluding carboxylic acids is 1. The number of methoxy groups -OCH3 is 1. The van der Waals surface area contributed by atoms with Crippen LogP contribution in [0.3, 0.4) is 0 Å². The third-order valence-electron chi connectivity index (χ3n) is 3.87.